The second kappa shape index (κ2) is 7.18. The lowest BCUT2D eigenvalue weighted by atomic mass is 10.2. The standard InChI is InChI=1S/C15H13FN2O5S/c1-23-14-7-6-13(17-15(14)18(19)20)10-24(21,22)9-8-11-2-4-12(16)5-3-11/h2-9H,10H2,1H3. The predicted molar refractivity (Wildman–Crippen MR) is 85.5 cm³/mol. The van der Waals surface area contributed by atoms with Crippen LogP contribution in [0.1, 0.15) is 11.3 Å². The van der Waals surface area contributed by atoms with Crippen molar-refractivity contribution in [2.24, 2.45) is 0 Å². The maximum atomic E-state index is 12.8. The number of nitrogens with zero attached hydrogens (tertiary/aromatic N) is 2. The Kier molecular flexibility index (Phi) is 5.24. The van der Waals surface area contributed by atoms with Gasteiger partial charge in [-0.25, -0.2) is 12.8 Å². The maximum absolute atomic E-state index is 12.8. The summed E-state index contributed by atoms with van der Waals surface area (Å²) in [5, 5.41) is 11.9. The van der Waals surface area contributed by atoms with E-state index >= 15 is 0 Å². The predicted octanol–water partition coefficient (Wildman–Crippen LogP) is 2.72. The first-order valence-electron chi connectivity index (χ1n) is 6.65. The van der Waals surface area contributed by atoms with Crippen molar-refractivity contribution in [2.45, 2.75) is 5.75 Å². The quantitative estimate of drug-likeness (QED) is 0.585. The number of benzene rings is 1. The molecule has 0 bridgehead atoms. The van der Waals surface area contributed by atoms with Crippen molar-refractivity contribution in [3.63, 3.8) is 0 Å². The van der Waals surface area contributed by atoms with Crippen LogP contribution in [0.5, 0.6) is 5.75 Å². The molecule has 0 spiro atoms. The minimum atomic E-state index is -3.71. The number of hydrogen-bond donors (Lipinski definition) is 0. The van der Waals surface area contributed by atoms with Crippen LogP contribution in [-0.4, -0.2) is 25.4 Å². The van der Waals surface area contributed by atoms with Crippen molar-refractivity contribution in [2.75, 3.05) is 7.11 Å². The van der Waals surface area contributed by atoms with E-state index in [0.717, 1.165) is 5.41 Å². The van der Waals surface area contributed by atoms with Gasteiger partial charge in [0.25, 0.3) is 0 Å². The van der Waals surface area contributed by atoms with Gasteiger partial charge in [-0.15, -0.1) is 0 Å². The van der Waals surface area contributed by atoms with Crippen molar-refractivity contribution >= 4 is 21.7 Å². The Morgan fingerprint density at radius 2 is 1.92 bits per heavy atom. The highest BCUT2D eigenvalue weighted by Gasteiger charge is 2.21. The summed E-state index contributed by atoms with van der Waals surface area (Å²) in [6.07, 6.45) is 1.31. The van der Waals surface area contributed by atoms with Gasteiger partial charge < -0.3 is 14.9 Å². The van der Waals surface area contributed by atoms with Crippen molar-refractivity contribution in [3.05, 3.63) is 69.0 Å². The van der Waals surface area contributed by atoms with Gasteiger partial charge in [0.1, 0.15) is 11.6 Å². The second-order valence-electron chi connectivity index (χ2n) is 4.75. The molecule has 0 unspecified atom stereocenters. The van der Waals surface area contributed by atoms with Crippen molar-refractivity contribution in [1.82, 2.24) is 4.98 Å². The number of sulfone groups is 1. The number of pyridine rings is 1. The zero-order valence-corrected chi connectivity index (χ0v) is 13.4. The first-order valence-corrected chi connectivity index (χ1v) is 8.37. The first kappa shape index (κ1) is 17.5. The molecule has 0 atom stereocenters. The maximum Gasteiger partial charge on any atom is 0.406 e. The molecule has 0 saturated carbocycles. The van der Waals surface area contributed by atoms with Gasteiger partial charge in [0.2, 0.25) is 5.75 Å². The molecule has 126 valence electrons. The summed E-state index contributed by atoms with van der Waals surface area (Å²) in [4.78, 5) is 13.9. The van der Waals surface area contributed by atoms with Crippen LogP contribution in [0, 0.1) is 15.9 Å². The minimum Gasteiger partial charge on any atom is -0.489 e. The number of hydrogen-bond acceptors (Lipinski definition) is 6. The van der Waals surface area contributed by atoms with E-state index in [0.29, 0.717) is 5.56 Å². The normalized spacial score (nSPS) is 11.6. The monoisotopic (exact) mass is 352 g/mol. The van der Waals surface area contributed by atoms with Gasteiger partial charge in [-0.05, 0) is 45.8 Å². The van der Waals surface area contributed by atoms with E-state index < -0.39 is 32.1 Å². The molecule has 1 aromatic heterocycles. The zero-order chi connectivity index (χ0) is 17.7. The van der Waals surface area contributed by atoms with E-state index in [1.54, 1.807) is 0 Å². The lowest BCUT2D eigenvalue weighted by Crippen LogP contribution is -2.05. The number of rotatable bonds is 6. The van der Waals surface area contributed by atoms with Gasteiger partial charge in [0, 0.05) is 5.41 Å². The summed E-state index contributed by atoms with van der Waals surface area (Å²) in [6.45, 7) is 0. The molecule has 0 aliphatic rings. The highest BCUT2D eigenvalue weighted by Crippen LogP contribution is 2.24. The summed E-state index contributed by atoms with van der Waals surface area (Å²) >= 11 is 0. The smallest absolute Gasteiger partial charge is 0.406 e. The number of ether oxygens (including phenoxy) is 1. The van der Waals surface area contributed by atoms with E-state index in [1.807, 2.05) is 0 Å². The molecule has 1 heterocycles. The fourth-order valence-corrected chi connectivity index (χ4v) is 2.89. The summed E-state index contributed by atoms with van der Waals surface area (Å²) in [6, 6.07) is 7.91. The second-order valence-corrected chi connectivity index (χ2v) is 6.63. The van der Waals surface area contributed by atoms with Crippen LogP contribution in [-0.2, 0) is 15.6 Å². The third kappa shape index (κ3) is 4.59. The molecule has 0 aliphatic carbocycles. The number of aromatic nitrogens is 1. The fraction of sp³-hybridized carbons (Fsp3) is 0.133. The minimum absolute atomic E-state index is 0.0197. The molecule has 0 aliphatic heterocycles. The summed E-state index contributed by atoms with van der Waals surface area (Å²) in [5.74, 6) is -1.53. The summed E-state index contributed by atoms with van der Waals surface area (Å²) < 4.78 is 41.8. The first-order chi connectivity index (χ1) is 11.3. The summed E-state index contributed by atoms with van der Waals surface area (Å²) in [7, 11) is -2.45. The molecule has 2 rings (SSSR count). The Morgan fingerprint density at radius 1 is 1.25 bits per heavy atom. The van der Waals surface area contributed by atoms with Crippen molar-refractivity contribution in [3.8, 4) is 5.75 Å². The number of nitro groups is 1. The molecule has 0 saturated heterocycles. The highest BCUT2D eigenvalue weighted by atomic mass is 32.2. The summed E-state index contributed by atoms with van der Waals surface area (Å²) in [5.41, 5.74) is 0.528. The third-order valence-corrected chi connectivity index (χ3v) is 4.23. The largest absolute Gasteiger partial charge is 0.489 e. The van der Waals surface area contributed by atoms with E-state index in [2.05, 4.69) is 4.98 Å². The lowest BCUT2D eigenvalue weighted by Gasteiger charge is -2.02. The average Bonchev–Trinajstić information content (AvgIpc) is 2.54. The lowest BCUT2D eigenvalue weighted by molar-refractivity contribution is -0.390. The average molecular weight is 352 g/mol. The van der Waals surface area contributed by atoms with Crippen LogP contribution < -0.4 is 4.74 Å². The molecule has 1 aromatic carbocycles. The van der Waals surface area contributed by atoms with Crippen molar-refractivity contribution < 1.29 is 22.5 Å². The van der Waals surface area contributed by atoms with Crippen LogP contribution in [0.2, 0.25) is 0 Å². The van der Waals surface area contributed by atoms with Crippen LogP contribution in [0.3, 0.4) is 0 Å². The van der Waals surface area contributed by atoms with Gasteiger partial charge in [-0.3, -0.25) is 0 Å². The molecule has 7 nitrogen and oxygen atoms in total. The molecule has 24 heavy (non-hydrogen) atoms. The Hall–Kier alpha value is -2.81. The Morgan fingerprint density at radius 3 is 2.50 bits per heavy atom. The fourth-order valence-electron chi connectivity index (χ4n) is 1.86. The third-order valence-electron chi connectivity index (χ3n) is 2.98. The van der Waals surface area contributed by atoms with Gasteiger partial charge in [-0.2, -0.15) is 0 Å². The molecule has 0 N–H and O–H groups in total. The van der Waals surface area contributed by atoms with E-state index in [9.17, 15) is 22.9 Å². The molecule has 2 aromatic rings. The van der Waals surface area contributed by atoms with E-state index in [1.165, 1.54) is 49.6 Å². The Labute approximate surface area is 137 Å². The van der Waals surface area contributed by atoms with E-state index in [4.69, 9.17) is 4.74 Å². The van der Waals surface area contributed by atoms with Crippen LogP contribution >= 0.6 is 0 Å². The molecular formula is C15H13FN2O5S. The number of halogens is 1. The molecule has 0 amide bonds. The number of methoxy groups -OCH3 is 1. The van der Waals surface area contributed by atoms with Crippen LogP contribution in [0.4, 0.5) is 10.2 Å². The van der Waals surface area contributed by atoms with Gasteiger partial charge in [0.15, 0.2) is 15.5 Å². The highest BCUT2D eigenvalue weighted by molar-refractivity contribution is 7.93. The van der Waals surface area contributed by atoms with Gasteiger partial charge in [-0.1, -0.05) is 12.1 Å². The van der Waals surface area contributed by atoms with Crippen LogP contribution in [0.15, 0.2) is 41.8 Å². The van der Waals surface area contributed by atoms with Crippen LogP contribution in [0.25, 0.3) is 6.08 Å². The van der Waals surface area contributed by atoms with Gasteiger partial charge >= 0.3 is 5.82 Å². The Balaban J connectivity index is 2.21. The SMILES string of the molecule is COc1ccc(CS(=O)(=O)C=Cc2ccc(F)cc2)nc1[N+](=O)[O-]. The molecular weight excluding hydrogens is 339 g/mol. The molecule has 0 radical (unpaired) electrons. The topological polar surface area (TPSA) is 99.4 Å². The van der Waals surface area contributed by atoms with Crippen molar-refractivity contribution in [1.29, 1.82) is 0 Å². The molecule has 0 fully saturated rings. The zero-order valence-electron chi connectivity index (χ0n) is 12.5. The van der Waals surface area contributed by atoms with Gasteiger partial charge in [0.05, 0.1) is 7.11 Å². The molecule has 9 heteroatoms. The van der Waals surface area contributed by atoms with E-state index in [-0.39, 0.29) is 11.4 Å². The Bertz CT molecular complexity index is 879.